The van der Waals surface area contributed by atoms with Crippen LogP contribution in [0.3, 0.4) is 0 Å². The molecule has 6 nitrogen and oxygen atoms in total. The van der Waals surface area contributed by atoms with E-state index in [1.807, 2.05) is 0 Å². The molecule has 27 heavy (non-hydrogen) atoms. The average Bonchev–Trinajstić information content (AvgIpc) is 2.98. The standard InChI is InChI=1S/C16H17F3N2O4S2/c1-15(2,3)12(21-13(22)10-7-5-4-6-8-10)14-20-9-11(26-14)25-27(23,24)16(17,18)19/h4-9,12H,1-3H3,(H,21,22). The van der Waals surface area contributed by atoms with Gasteiger partial charge in [-0.3, -0.25) is 4.79 Å². The Balaban J connectivity index is 2.26. The first kappa shape index (κ1) is 21.2. The monoisotopic (exact) mass is 422 g/mol. The van der Waals surface area contributed by atoms with E-state index in [1.165, 1.54) is 0 Å². The summed E-state index contributed by atoms with van der Waals surface area (Å²) in [6.07, 6.45) is 0.886. The van der Waals surface area contributed by atoms with Crippen LogP contribution in [0.25, 0.3) is 0 Å². The minimum absolute atomic E-state index is 0.221. The zero-order chi connectivity index (χ0) is 20.5. The Morgan fingerprint density at radius 1 is 1.19 bits per heavy atom. The van der Waals surface area contributed by atoms with E-state index in [9.17, 15) is 26.4 Å². The normalized spacial score (nSPS) is 13.9. The van der Waals surface area contributed by atoms with Crippen LogP contribution < -0.4 is 9.50 Å². The van der Waals surface area contributed by atoms with E-state index in [2.05, 4.69) is 14.5 Å². The molecule has 0 aliphatic rings. The van der Waals surface area contributed by atoms with Crippen molar-refractivity contribution in [3.8, 4) is 5.06 Å². The maximum absolute atomic E-state index is 12.4. The fraction of sp³-hybridized carbons (Fsp3) is 0.375. The molecule has 1 unspecified atom stereocenters. The van der Waals surface area contributed by atoms with Gasteiger partial charge in [0.25, 0.3) is 5.91 Å². The first-order valence-corrected chi connectivity index (χ1v) is 9.86. The SMILES string of the molecule is CC(C)(C)C(NC(=O)c1ccccc1)c1ncc(OS(=O)(=O)C(F)(F)F)s1. The van der Waals surface area contributed by atoms with Crippen molar-refractivity contribution in [2.24, 2.45) is 5.41 Å². The van der Waals surface area contributed by atoms with Crippen LogP contribution in [0, 0.1) is 5.41 Å². The zero-order valence-corrected chi connectivity index (χ0v) is 16.2. The number of rotatable bonds is 5. The van der Waals surface area contributed by atoms with Crippen LogP contribution in [0.15, 0.2) is 36.5 Å². The average molecular weight is 422 g/mol. The molecule has 1 N–H and O–H groups in total. The van der Waals surface area contributed by atoms with Crippen molar-refractivity contribution in [3.05, 3.63) is 47.1 Å². The first-order chi connectivity index (χ1) is 12.3. The van der Waals surface area contributed by atoms with Crippen LogP contribution in [0.1, 0.15) is 42.2 Å². The highest BCUT2D eigenvalue weighted by Gasteiger charge is 2.49. The fourth-order valence-corrected chi connectivity index (χ4v) is 3.76. The van der Waals surface area contributed by atoms with Gasteiger partial charge in [0.1, 0.15) is 5.01 Å². The van der Waals surface area contributed by atoms with Gasteiger partial charge in [0, 0.05) is 5.56 Å². The number of amides is 1. The molecule has 0 spiro atoms. The predicted octanol–water partition coefficient (Wildman–Crippen LogP) is 3.89. The predicted molar refractivity (Wildman–Crippen MR) is 93.8 cm³/mol. The van der Waals surface area contributed by atoms with Crippen LogP contribution >= 0.6 is 11.3 Å². The second kappa shape index (κ2) is 7.47. The van der Waals surface area contributed by atoms with E-state index in [-0.39, 0.29) is 5.01 Å². The Morgan fingerprint density at radius 2 is 1.78 bits per heavy atom. The summed E-state index contributed by atoms with van der Waals surface area (Å²) in [6, 6.07) is 7.68. The third-order valence-electron chi connectivity index (χ3n) is 3.40. The van der Waals surface area contributed by atoms with Crippen molar-refractivity contribution in [1.29, 1.82) is 0 Å². The third kappa shape index (κ3) is 5.19. The van der Waals surface area contributed by atoms with Crippen molar-refractivity contribution in [2.45, 2.75) is 32.3 Å². The van der Waals surface area contributed by atoms with Crippen molar-refractivity contribution < 1.29 is 30.6 Å². The van der Waals surface area contributed by atoms with Crippen molar-refractivity contribution in [3.63, 3.8) is 0 Å². The number of hydrogen-bond acceptors (Lipinski definition) is 6. The molecule has 1 heterocycles. The fourth-order valence-electron chi connectivity index (χ4n) is 2.05. The van der Waals surface area contributed by atoms with Crippen LogP contribution in [0.2, 0.25) is 0 Å². The van der Waals surface area contributed by atoms with Crippen molar-refractivity contribution >= 4 is 27.4 Å². The second-order valence-electron chi connectivity index (χ2n) is 6.64. The number of halogens is 3. The minimum Gasteiger partial charge on any atom is -0.363 e. The minimum atomic E-state index is -5.78. The third-order valence-corrected chi connectivity index (χ3v) is 5.41. The lowest BCUT2D eigenvalue weighted by atomic mass is 9.87. The number of benzene rings is 1. The van der Waals surface area contributed by atoms with Crippen LogP contribution in [-0.4, -0.2) is 24.8 Å². The van der Waals surface area contributed by atoms with Gasteiger partial charge < -0.3 is 9.50 Å². The molecule has 0 bridgehead atoms. The molecular formula is C16H17F3N2O4S2. The van der Waals surface area contributed by atoms with Gasteiger partial charge in [-0.25, -0.2) is 4.98 Å². The number of alkyl halides is 3. The molecule has 1 aromatic heterocycles. The van der Waals surface area contributed by atoms with Gasteiger partial charge in [-0.1, -0.05) is 50.3 Å². The highest BCUT2D eigenvalue weighted by atomic mass is 32.2. The lowest BCUT2D eigenvalue weighted by Gasteiger charge is -2.29. The highest BCUT2D eigenvalue weighted by molar-refractivity contribution is 7.88. The summed E-state index contributed by atoms with van der Waals surface area (Å²) < 4.78 is 63.7. The summed E-state index contributed by atoms with van der Waals surface area (Å²) in [7, 11) is -5.78. The van der Waals surface area contributed by atoms with Crippen molar-refractivity contribution in [1.82, 2.24) is 10.3 Å². The quantitative estimate of drug-likeness (QED) is 0.584. The summed E-state index contributed by atoms with van der Waals surface area (Å²) in [5.41, 5.74) is -5.69. The number of carbonyl (C=O) groups is 1. The number of nitrogens with one attached hydrogen (secondary N) is 1. The van der Waals surface area contributed by atoms with Crippen molar-refractivity contribution in [2.75, 3.05) is 0 Å². The van der Waals surface area contributed by atoms with Crippen LogP contribution in [0.5, 0.6) is 5.06 Å². The maximum atomic E-state index is 12.4. The van der Waals surface area contributed by atoms with E-state index in [0.29, 0.717) is 16.9 Å². The smallest absolute Gasteiger partial charge is 0.363 e. The molecule has 148 valence electrons. The molecule has 1 amide bonds. The molecule has 2 rings (SSSR count). The number of carbonyl (C=O) groups excluding carboxylic acids is 1. The lowest BCUT2D eigenvalue weighted by molar-refractivity contribution is -0.0499. The van der Waals surface area contributed by atoms with Gasteiger partial charge in [0.2, 0.25) is 5.06 Å². The number of thiazole rings is 1. The summed E-state index contributed by atoms with van der Waals surface area (Å²) in [6.45, 7) is 5.41. The first-order valence-electron chi connectivity index (χ1n) is 7.63. The number of aromatic nitrogens is 1. The molecule has 0 saturated heterocycles. The summed E-state index contributed by atoms with van der Waals surface area (Å²) >= 11 is 0.621. The summed E-state index contributed by atoms with van der Waals surface area (Å²) in [4.78, 5) is 16.4. The molecule has 11 heteroatoms. The second-order valence-corrected chi connectivity index (χ2v) is 9.20. The van der Waals surface area contributed by atoms with Gasteiger partial charge in [0.15, 0.2) is 0 Å². The lowest BCUT2D eigenvalue weighted by Crippen LogP contribution is -2.36. The molecule has 0 aliphatic carbocycles. The molecule has 0 fully saturated rings. The Bertz CT molecular complexity index is 904. The van der Waals surface area contributed by atoms with Gasteiger partial charge in [-0.05, 0) is 17.5 Å². The summed E-state index contributed by atoms with van der Waals surface area (Å²) in [5.74, 6) is -0.392. The number of nitrogens with zero attached hydrogens (tertiary/aromatic N) is 1. The summed E-state index contributed by atoms with van der Waals surface area (Å²) in [5, 5.41) is 2.46. The van der Waals surface area contributed by atoms with Crippen LogP contribution in [0.4, 0.5) is 13.2 Å². The van der Waals surface area contributed by atoms with Crippen LogP contribution in [-0.2, 0) is 10.1 Å². The molecule has 1 aromatic carbocycles. The van der Waals surface area contributed by atoms with Gasteiger partial charge in [0.05, 0.1) is 12.2 Å². The molecule has 1 atom stereocenters. The van der Waals surface area contributed by atoms with Gasteiger partial charge >= 0.3 is 15.6 Å². The number of hydrogen-bond donors (Lipinski definition) is 1. The van der Waals surface area contributed by atoms with E-state index in [1.54, 1.807) is 51.1 Å². The van der Waals surface area contributed by atoms with Gasteiger partial charge in [-0.2, -0.15) is 21.6 Å². The van der Waals surface area contributed by atoms with E-state index >= 15 is 0 Å². The molecule has 2 aromatic rings. The Hall–Kier alpha value is -2.14. The molecule has 0 radical (unpaired) electrons. The molecular weight excluding hydrogens is 405 g/mol. The molecule has 0 saturated carbocycles. The van der Waals surface area contributed by atoms with E-state index in [4.69, 9.17) is 0 Å². The Kier molecular flexibility index (Phi) is 5.85. The van der Waals surface area contributed by atoms with Gasteiger partial charge in [-0.15, -0.1) is 0 Å². The van der Waals surface area contributed by atoms with E-state index in [0.717, 1.165) is 6.20 Å². The zero-order valence-electron chi connectivity index (χ0n) is 14.6. The topological polar surface area (TPSA) is 85.4 Å². The molecule has 0 aliphatic heterocycles. The Morgan fingerprint density at radius 3 is 2.30 bits per heavy atom. The maximum Gasteiger partial charge on any atom is 0.534 e. The Labute approximate surface area is 158 Å². The largest absolute Gasteiger partial charge is 0.534 e. The highest BCUT2D eigenvalue weighted by Crippen LogP contribution is 2.38. The van der Waals surface area contributed by atoms with E-state index < -0.39 is 38.1 Å².